The van der Waals surface area contributed by atoms with Crippen LogP contribution >= 0.6 is 0 Å². The monoisotopic (exact) mass is 323 g/mol. The fraction of sp³-hybridized carbons (Fsp3) is 0.944. The predicted molar refractivity (Wildman–Crippen MR) is 92.8 cm³/mol. The number of aliphatic imine (C=N–C) groups is 1. The molecular formula is C18H33N3O2. The van der Waals surface area contributed by atoms with Crippen molar-refractivity contribution in [2.75, 3.05) is 39.9 Å². The number of rotatable bonds is 3. The van der Waals surface area contributed by atoms with Gasteiger partial charge in [-0.3, -0.25) is 4.99 Å². The van der Waals surface area contributed by atoms with E-state index < -0.39 is 0 Å². The van der Waals surface area contributed by atoms with Gasteiger partial charge in [0.05, 0.1) is 12.7 Å². The minimum absolute atomic E-state index is 0.195. The van der Waals surface area contributed by atoms with Crippen molar-refractivity contribution in [3.05, 3.63) is 0 Å². The Morgan fingerprint density at radius 2 is 1.87 bits per heavy atom. The first-order valence-electron chi connectivity index (χ1n) is 9.45. The number of hydrogen-bond donors (Lipinski definition) is 1. The lowest BCUT2D eigenvalue weighted by molar-refractivity contribution is -0.0817. The van der Waals surface area contributed by atoms with Gasteiger partial charge in [0, 0.05) is 33.3 Å². The van der Waals surface area contributed by atoms with Gasteiger partial charge in [0.25, 0.3) is 0 Å². The third-order valence-electron chi connectivity index (χ3n) is 5.67. The Morgan fingerprint density at radius 1 is 1.09 bits per heavy atom. The molecule has 1 saturated carbocycles. The van der Waals surface area contributed by atoms with E-state index in [1.54, 1.807) is 0 Å². The molecule has 5 nitrogen and oxygen atoms in total. The second-order valence-corrected chi connectivity index (χ2v) is 7.46. The zero-order valence-corrected chi connectivity index (χ0v) is 14.8. The first-order chi connectivity index (χ1) is 11.3. The van der Waals surface area contributed by atoms with E-state index in [4.69, 9.17) is 9.47 Å². The highest BCUT2D eigenvalue weighted by Crippen LogP contribution is 2.27. The van der Waals surface area contributed by atoms with Crippen LogP contribution in [-0.2, 0) is 9.47 Å². The van der Waals surface area contributed by atoms with Crippen molar-refractivity contribution in [1.29, 1.82) is 0 Å². The van der Waals surface area contributed by atoms with Crippen molar-refractivity contribution < 1.29 is 9.47 Å². The lowest BCUT2D eigenvalue weighted by Crippen LogP contribution is -2.53. The first kappa shape index (κ1) is 17.0. The third-order valence-corrected chi connectivity index (χ3v) is 5.67. The molecule has 3 rings (SSSR count). The number of nitrogens with one attached hydrogen (secondary N) is 1. The maximum atomic E-state index is 5.94. The summed E-state index contributed by atoms with van der Waals surface area (Å²) in [5.41, 5.74) is 0. The Balaban J connectivity index is 1.47. The van der Waals surface area contributed by atoms with E-state index in [0.717, 1.165) is 63.5 Å². The lowest BCUT2D eigenvalue weighted by Gasteiger charge is -2.37. The van der Waals surface area contributed by atoms with Crippen LogP contribution in [0, 0.1) is 11.8 Å². The summed E-state index contributed by atoms with van der Waals surface area (Å²) in [6.07, 6.45) is 8.23. The first-order valence-corrected chi connectivity index (χ1v) is 9.45. The topological polar surface area (TPSA) is 46.1 Å². The SMILES string of the molecule is CN=C(NCC1CCC(C)CC1)N1CCOC(C2CCCO2)C1. The minimum Gasteiger partial charge on any atom is -0.375 e. The molecule has 2 atom stereocenters. The van der Waals surface area contributed by atoms with Gasteiger partial charge >= 0.3 is 0 Å². The van der Waals surface area contributed by atoms with Crippen LogP contribution in [0.5, 0.6) is 0 Å². The predicted octanol–water partition coefficient (Wildman–Crippen LogP) is 2.27. The van der Waals surface area contributed by atoms with Crippen molar-refractivity contribution in [3.63, 3.8) is 0 Å². The van der Waals surface area contributed by atoms with Crippen LogP contribution in [0.4, 0.5) is 0 Å². The van der Waals surface area contributed by atoms with Gasteiger partial charge in [0.2, 0.25) is 0 Å². The molecule has 2 saturated heterocycles. The second-order valence-electron chi connectivity index (χ2n) is 7.46. The summed E-state index contributed by atoms with van der Waals surface area (Å²) in [6, 6.07) is 0. The van der Waals surface area contributed by atoms with Crippen LogP contribution in [0.15, 0.2) is 4.99 Å². The van der Waals surface area contributed by atoms with Crippen LogP contribution in [-0.4, -0.2) is 63.0 Å². The molecule has 2 aliphatic heterocycles. The summed E-state index contributed by atoms with van der Waals surface area (Å²) in [4.78, 5) is 6.86. The highest BCUT2D eigenvalue weighted by Gasteiger charge is 2.32. The van der Waals surface area contributed by atoms with E-state index in [9.17, 15) is 0 Å². The number of morpholine rings is 1. The standard InChI is InChI=1S/C18H33N3O2/c1-14-5-7-15(8-6-14)12-20-18(19-2)21-9-11-23-17(13-21)16-4-3-10-22-16/h14-17H,3-13H2,1-2H3,(H,19,20). The molecule has 2 unspecified atom stereocenters. The van der Waals surface area contributed by atoms with Gasteiger partial charge < -0.3 is 19.7 Å². The molecule has 0 radical (unpaired) electrons. The molecule has 0 spiro atoms. The second kappa shape index (κ2) is 8.34. The van der Waals surface area contributed by atoms with Gasteiger partial charge in [-0.05, 0) is 37.5 Å². The molecule has 23 heavy (non-hydrogen) atoms. The Kier molecular flexibility index (Phi) is 6.17. The van der Waals surface area contributed by atoms with Crippen molar-refractivity contribution >= 4 is 5.96 Å². The van der Waals surface area contributed by atoms with E-state index in [-0.39, 0.29) is 12.2 Å². The molecule has 2 heterocycles. The van der Waals surface area contributed by atoms with Crippen molar-refractivity contribution in [3.8, 4) is 0 Å². The summed E-state index contributed by atoms with van der Waals surface area (Å²) in [6.45, 7) is 6.91. The molecule has 0 aromatic rings. The highest BCUT2D eigenvalue weighted by atomic mass is 16.5. The van der Waals surface area contributed by atoms with E-state index in [2.05, 4.69) is 22.1 Å². The quantitative estimate of drug-likeness (QED) is 0.639. The zero-order chi connectivity index (χ0) is 16.1. The van der Waals surface area contributed by atoms with Gasteiger partial charge in [0.1, 0.15) is 6.10 Å². The summed E-state index contributed by atoms with van der Waals surface area (Å²) in [5, 5.41) is 3.61. The maximum absolute atomic E-state index is 5.94. The fourth-order valence-electron chi connectivity index (χ4n) is 4.09. The molecule has 3 fully saturated rings. The van der Waals surface area contributed by atoms with Crippen LogP contribution in [0.1, 0.15) is 45.4 Å². The Morgan fingerprint density at radius 3 is 2.57 bits per heavy atom. The third kappa shape index (κ3) is 4.60. The Bertz CT molecular complexity index is 388. The smallest absolute Gasteiger partial charge is 0.193 e. The van der Waals surface area contributed by atoms with Crippen LogP contribution in [0.3, 0.4) is 0 Å². The largest absolute Gasteiger partial charge is 0.375 e. The maximum Gasteiger partial charge on any atom is 0.193 e. The van der Waals surface area contributed by atoms with Crippen LogP contribution in [0.2, 0.25) is 0 Å². The van der Waals surface area contributed by atoms with Gasteiger partial charge in [-0.1, -0.05) is 19.8 Å². The Labute approximate surface area is 140 Å². The summed E-state index contributed by atoms with van der Waals surface area (Å²) >= 11 is 0. The van der Waals surface area contributed by atoms with Crippen molar-refractivity contribution in [2.45, 2.75) is 57.7 Å². The number of nitrogens with zero attached hydrogens (tertiary/aromatic N) is 2. The number of guanidine groups is 1. The van der Waals surface area contributed by atoms with Crippen molar-refractivity contribution in [1.82, 2.24) is 10.2 Å². The van der Waals surface area contributed by atoms with E-state index in [0.29, 0.717) is 0 Å². The van der Waals surface area contributed by atoms with Crippen molar-refractivity contribution in [2.24, 2.45) is 16.8 Å². The van der Waals surface area contributed by atoms with E-state index >= 15 is 0 Å². The molecule has 0 amide bonds. The number of ether oxygens (including phenoxy) is 2. The summed E-state index contributed by atoms with van der Waals surface area (Å²) in [5.74, 6) is 2.75. The molecular weight excluding hydrogens is 290 g/mol. The van der Waals surface area contributed by atoms with Gasteiger partial charge in [0.15, 0.2) is 5.96 Å². The summed E-state index contributed by atoms with van der Waals surface area (Å²) < 4.78 is 11.8. The average Bonchev–Trinajstić information content (AvgIpc) is 3.12. The summed E-state index contributed by atoms with van der Waals surface area (Å²) in [7, 11) is 1.89. The molecule has 132 valence electrons. The van der Waals surface area contributed by atoms with Crippen LogP contribution in [0.25, 0.3) is 0 Å². The molecule has 1 N–H and O–H groups in total. The highest BCUT2D eigenvalue weighted by molar-refractivity contribution is 5.80. The van der Waals surface area contributed by atoms with E-state index in [1.807, 2.05) is 7.05 Å². The molecule has 5 heteroatoms. The normalized spacial score (nSPS) is 36.3. The minimum atomic E-state index is 0.195. The fourth-order valence-corrected chi connectivity index (χ4v) is 4.09. The molecule has 1 aliphatic carbocycles. The van der Waals surface area contributed by atoms with Gasteiger partial charge in [-0.15, -0.1) is 0 Å². The molecule has 3 aliphatic rings. The number of hydrogen-bond acceptors (Lipinski definition) is 3. The van der Waals surface area contributed by atoms with Gasteiger partial charge in [-0.2, -0.15) is 0 Å². The van der Waals surface area contributed by atoms with E-state index in [1.165, 1.54) is 25.7 Å². The molecule has 0 aromatic carbocycles. The zero-order valence-electron chi connectivity index (χ0n) is 14.8. The molecule has 0 aromatic heterocycles. The van der Waals surface area contributed by atoms with Gasteiger partial charge in [-0.25, -0.2) is 0 Å². The Hall–Kier alpha value is -0.810. The lowest BCUT2D eigenvalue weighted by atomic mass is 9.83. The average molecular weight is 323 g/mol. The van der Waals surface area contributed by atoms with Crippen LogP contribution < -0.4 is 5.32 Å². The molecule has 0 bridgehead atoms.